The van der Waals surface area contributed by atoms with Crippen LogP contribution in [-0.4, -0.2) is 43.9 Å². The predicted octanol–water partition coefficient (Wildman–Crippen LogP) is 0.736. The van der Waals surface area contributed by atoms with Gasteiger partial charge in [0.05, 0.1) is 12.0 Å². The van der Waals surface area contributed by atoms with E-state index in [1.165, 1.54) is 4.90 Å². The van der Waals surface area contributed by atoms with Crippen molar-refractivity contribution in [3.05, 3.63) is 0 Å². The van der Waals surface area contributed by atoms with Crippen LogP contribution < -0.4 is 11.1 Å². The second kappa shape index (κ2) is 8.08. The molecule has 2 amide bonds. The number of hydrogen-bond acceptors (Lipinski definition) is 3. The maximum Gasteiger partial charge on any atom is 0.241 e. The number of carbonyl (C=O) groups excluding carboxylic acids is 2. The number of rotatable bonds is 8. The summed E-state index contributed by atoms with van der Waals surface area (Å²) >= 11 is 0. The molecule has 0 saturated heterocycles. The van der Waals surface area contributed by atoms with Crippen molar-refractivity contribution in [2.45, 2.75) is 39.5 Å². The van der Waals surface area contributed by atoms with Crippen molar-refractivity contribution >= 4 is 11.8 Å². The third-order valence-corrected chi connectivity index (χ3v) is 3.23. The first-order chi connectivity index (χ1) is 8.43. The van der Waals surface area contributed by atoms with Crippen LogP contribution in [0.25, 0.3) is 0 Å². The van der Waals surface area contributed by atoms with E-state index >= 15 is 0 Å². The van der Waals surface area contributed by atoms with E-state index in [9.17, 15) is 9.59 Å². The van der Waals surface area contributed by atoms with E-state index in [1.54, 1.807) is 14.1 Å². The molecular formula is C13H27N3O2. The van der Waals surface area contributed by atoms with Crippen molar-refractivity contribution in [2.75, 3.05) is 27.2 Å². The van der Waals surface area contributed by atoms with Gasteiger partial charge in [-0.05, 0) is 12.8 Å². The molecule has 0 aromatic heterocycles. The quantitative estimate of drug-likeness (QED) is 0.673. The van der Waals surface area contributed by atoms with E-state index < -0.39 is 5.41 Å². The first kappa shape index (κ1) is 16.9. The predicted molar refractivity (Wildman–Crippen MR) is 73.0 cm³/mol. The smallest absolute Gasteiger partial charge is 0.241 e. The van der Waals surface area contributed by atoms with Crippen LogP contribution in [0.2, 0.25) is 0 Å². The Kier molecular flexibility index (Phi) is 7.59. The van der Waals surface area contributed by atoms with Gasteiger partial charge in [-0.2, -0.15) is 0 Å². The standard InChI is InChI=1S/C13H27N3O2/c1-5-7-13(10-14,8-6-2)12(18)15-9-11(17)16(3)4/h5-10,14H2,1-4H3,(H,15,18). The summed E-state index contributed by atoms with van der Waals surface area (Å²) in [4.78, 5) is 25.2. The lowest BCUT2D eigenvalue weighted by molar-refractivity contribution is -0.135. The highest BCUT2D eigenvalue weighted by molar-refractivity contribution is 5.87. The van der Waals surface area contributed by atoms with Crippen LogP contribution in [0.3, 0.4) is 0 Å². The normalized spacial score (nSPS) is 11.2. The van der Waals surface area contributed by atoms with Gasteiger partial charge in [0.15, 0.2) is 0 Å². The molecule has 0 aliphatic heterocycles. The van der Waals surface area contributed by atoms with E-state index in [-0.39, 0.29) is 18.4 Å². The molecule has 0 aromatic rings. The minimum atomic E-state index is -0.518. The molecule has 5 nitrogen and oxygen atoms in total. The summed E-state index contributed by atoms with van der Waals surface area (Å²) in [5, 5.41) is 2.72. The molecular weight excluding hydrogens is 230 g/mol. The molecule has 0 heterocycles. The van der Waals surface area contributed by atoms with Gasteiger partial charge in [0.2, 0.25) is 11.8 Å². The van der Waals surface area contributed by atoms with E-state index in [0.29, 0.717) is 6.54 Å². The molecule has 0 fully saturated rings. The average molecular weight is 257 g/mol. The van der Waals surface area contributed by atoms with Crippen molar-refractivity contribution in [1.82, 2.24) is 10.2 Å². The molecule has 0 rings (SSSR count). The molecule has 5 heteroatoms. The summed E-state index contributed by atoms with van der Waals surface area (Å²) in [6.45, 7) is 4.45. The van der Waals surface area contributed by atoms with Crippen LogP contribution in [-0.2, 0) is 9.59 Å². The molecule has 0 aliphatic carbocycles. The van der Waals surface area contributed by atoms with Crippen molar-refractivity contribution in [3.8, 4) is 0 Å². The largest absolute Gasteiger partial charge is 0.347 e. The summed E-state index contributed by atoms with van der Waals surface area (Å²) < 4.78 is 0. The highest BCUT2D eigenvalue weighted by Crippen LogP contribution is 2.28. The zero-order valence-electron chi connectivity index (χ0n) is 12.1. The lowest BCUT2D eigenvalue weighted by Crippen LogP contribution is -2.48. The zero-order chi connectivity index (χ0) is 14.2. The number of carbonyl (C=O) groups is 2. The van der Waals surface area contributed by atoms with Crippen LogP contribution >= 0.6 is 0 Å². The number of likely N-dealkylation sites (N-methyl/N-ethyl adjacent to an activating group) is 1. The minimum Gasteiger partial charge on any atom is -0.347 e. The summed E-state index contributed by atoms with van der Waals surface area (Å²) in [5.41, 5.74) is 5.27. The third-order valence-electron chi connectivity index (χ3n) is 3.23. The Hall–Kier alpha value is -1.10. The summed E-state index contributed by atoms with van der Waals surface area (Å²) in [6.07, 6.45) is 3.34. The highest BCUT2D eigenvalue weighted by Gasteiger charge is 2.35. The Morgan fingerprint density at radius 3 is 2.00 bits per heavy atom. The third kappa shape index (κ3) is 4.64. The second-order valence-corrected chi connectivity index (χ2v) is 4.96. The van der Waals surface area contributed by atoms with Gasteiger partial charge < -0.3 is 16.0 Å². The van der Waals surface area contributed by atoms with E-state index in [4.69, 9.17) is 5.73 Å². The van der Waals surface area contributed by atoms with E-state index in [2.05, 4.69) is 5.32 Å². The maximum absolute atomic E-state index is 12.2. The van der Waals surface area contributed by atoms with Crippen LogP contribution in [0, 0.1) is 5.41 Å². The van der Waals surface area contributed by atoms with E-state index in [0.717, 1.165) is 25.7 Å². The Bertz CT molecular complexity index is 271. The Balaban J connectivity index is 4.60. The first-order valence-electron chi connectivity index (χ1n) is 6.62. The average Bonchev–Trinajstić information content (AvgIpc) is 2.34. The zero-order valence-corrected chi connectivity index (χ0v) is 12.1. The molecule has 3 N–H and O–H groups in total. The van der Waals surface area contributed by atoms with Crippen LogP contribution in [0.5, 0.6) is 0 Å². The maximum atomic E-state index is 12.2. The molecule has 0 spiro atoms. The fourth-order valence-corrected chi connectivity index (χ4v) is 2.11. The molecule has 106 valence electrons. The van der Waals surface area contributed by atoms with Gasteiger partial charge >= 0.3 is 0 Å². The summed E-state index contributed by atoms with van der Waals surface area (Å²) in [5.74, 6) is -0.203. The van der Waals surface area contributed by atoms with Crippen LogP contribution in [0.4, 0.5) is 0 Å². The lowest BCUT2D eigenvalue weighted by Gasteiger charge is -2.30. The van der Waals surface area contributed by atoms with Crippen molar-refractivity contribution in [3.63, 3.8) is 0 Å². The van der Waals surface area contributed by atoms with E-state index in [1.807, 2.05) is 13.8 Å². The fourth-order valence-electron chi connectivity index (χ4n) is 2.11. The molecule has 0 atom stereocenters. The lowest BCUT2D eigenvalue weighted by atomic mass is 9.78. The topological polar surface area (TPSA) is 75.4 Å². The Morgan fingerprint density at radius 2 is 1.67 bits per heavy atom. The molecule has 0 radical (unpaired) electrons. The van der Waals surface area contributed by atoms with Crippen LogP contribution in [0.15, 0.2) is 0 Å². The molecule has 0 saturated carbocycles. The second-order valence-electron chi connectivity index (χ2n) is 4.96. The van der Waals surface area contributed by atoms with Gasteiger partial charge in [-0.1, -0.05) is 26.7 Å². The monoisotopic (exact) mass is 257 g/mol. The van der Waals surface area contributed by atoms with Crippen molar-refractivity contribution < 1.29 is 9.59 Å². The van der Waals surface area contributed by atoms with Gasteiger partial charge in [0, 0.05) is 20.6 Å². The molecule has 0 unspecified atom stereocenters. The van der Waals surface area contributed by atoms with Crippen molar-refractivity contribution in [2.24, 2.45) is 11.1 Å². The highest BCUT2D eigenvalue weighted by atomic mass is 16.2. The first-order valence-corrected chi connectivity index (χ1v) is 6.62. The number of hydrogen-bond donors (Lipinski definition) is 2. The molecule has 18 heavy (non-hydrogen) atoms. The number of nitrogens with two attached hydrogens (primary N) is 1. The summed E-state index contributed by atoms with van der Waals surface area (Å²) in [6, 6.07) is 0. The number of amides is 2. The van der Waals surface area contributed by atoms with Gasteiger partial charge in [-0.15, -0.1) is 0 Å². The Labute approximate surface area is 110 Å². The van der Waals surface area contributed by atoms with Crippen molar-refractivity contribution in [1.29, 1.82) is 0 Å². The SMILES string of the molecule is CCCC(CN)(CCC)C(=O)NCC(=O)N(C)C. The Morgan fingerprint density at radius 1 is 1.17 bits per heavy atom. The van der Waals surface area contributed by atoms with Crippen LogP contribution in [0.1, 0.15) is 39.5 Å². The fraction of sp³-hybridized carbons (Fsp3) is 0.846. The van der Waals surface area contributed by atoms with Gasteiger partial charge in [-0.3, -0.25) is 9.59 Å². The van der Waals surface area contributed by atoms with Gasteiger partial charge in [0.1, 0.15) is 0 Å². The number of nitrogens with zero attached hydrogens (tertiary/aromatic N) is 1. The van der Waals surface area contributed by atoms with Gasteiger partial charge in [-0.25, -0.2) is 0 Å². The minimum absolute atomic E-state index is 0.0427. The van der Waals surface area contributed by atoms with Gasteiger partial charge in [0.25, 0.3) is 0 Å². The molecule has 0 bridgehead atoms. The molecule has 0 aliphatic rings. The summed E-state index contributed by atoms with van der Waals surface area (Å²) in [7, 11) is 3.34. The molecule has 0 aromatic carbocycles. The number of nitrogens with one attached hydrogen (secondary N) is 1.